The number of rotatable bonds is 8. The fraction of sp³-hybridized carbons (Fsp3) is 0.484. The summed E-state index contributed by atoms with van der Waals surface area (Å²) in [4.78, 5) is 5.08. The molecular formula is C31H42N2. The van der Waals surface area contributed by atoms with Crippen molar-refractivity contribution >= 4 is 17.1 Å². The van der Waals surface area contributed by atoms with Gasteiger partial charge in [0.05, 0.1) is 11.4 Å². The van der Waals surface area contributed by atoms with Gasteiger partial charge in [-0.2, -0.15) is 0 Å². The smallest absolute Gasteiger partial charge is 0.138 e. The Morgan fingerprint density at radius 3 is 2.42 bits per heavy atom. The molecule has 2 unspecified atom stereocenters. The van der Waals surface area contributed by atoms with Gasteiger partial charge < -0.3 is 9.80 Å². The summed E-state index contributed by atoms with van der Waals surface area (Å²) in [5.41, 5.74) is 7.68. The predicted molar refractivity (Wildman–Crippen MR) is 145 cm³/mol. The summed E-state index contributed by atoms with van der Waals surface area (Å²) in [6, 6.07) is 16.1. The fourth-order valence-electron chi connectivity index (χ4n) is 6.21. The number of hydrogen-bond acceptors (Lipinski definition) is 2. The van der Waals surface area contributed by atoms with Crippen LogP contribution in [-0.2, 0) is 5.41 Å². The van der Waals surface area contributed by atoms with E-state index in [0.717, 1.165) is 6.42 Å². The Morgan fingerprint density at radius 1 is 0.970 bits per heavy atom. The molecule has 0 aliphatic carbocycles. The molecule has 0 spiro atoms. The first-order valence-corrected chi connectivity index (χ1v) is 13.0. The van der Waals surface area contributed by atoms with Crippen molar-refractivity contribution in [3.63, 3.8) is 0 Å². The molecule has 2 aliphatic rings. The minimum atomic E-state index is -0.265. The third-order valence-electron chi connectivity index (χ3n) is 8.34. The summed E-state index contributed by atoms with van der Waals surface area (Å²) in [6.45, 7) is 16.0. The van der Waals surface area contributed by atoms with E-state index in [1.165, 1.54) is 65.9 Å². The molecule has 0 fully saturated rings. The van der Waals surface area contributed by atoms with Crippen LogP contribution in [0.15, 0.2) is 66.8 Å². The average molecular weight is 443 g/mol. The summed E-state index contributed by atoms with van der Waals surface area (Å²) < 4.78 is 0. The van der Waals surface area contributed by atoms with Gasteiger partial charge in [0.1, 0.15) is 5.66 Å². The number of hydrogen-bond donors (Lipinski definition) is 0. The van der Waals surface area contributed by atoms with Crippen LogP contribution in [0.25, 0.3) is 0 Å². The summed E-state index contributed by atoms with van der Waals surface area (Å²) in [5, 5.41) is 0. The SMILES string of the molecule is C=CC1(C)/C(=C\CC)[C@@]2(C)N(C)c3cc(C(C)CCCCCC)ccc3N2c2ccccc21. The second-order valence-corrected chi connectivity index (χ2v) is 10.4. The molecule has 2 heterocycles. The van der Waals surface area contributed by atoms with Crippen molar-refractivity contribution in [2.24, 2.45) is 0 Å². The lowest BCUT2D eigenvalue weighted by Gasteiger charge is -2.54. The topological polar surface area (TPSA) is 6.48 Å². The first-order valence-electron chi connectivity index (χ1n) is 13.0. The van der Waals surface area contributed by atoms with Crippen molar-refractivity contribution < 1.29 is 0 Å². The molecule has 0 bridgehead atoms. The summed E-state index contributed by atoms with van der Waals surface area (Å²) >= 11 is 0. The van der Waals surface area contributed by atoms with Gasteiger partial charge in [0.2, 0.25) is 0 Å². The van der Waals surface area contributed by atoms with Gasteiger partial charge in [0, 0.05) is 18.2 Å². The van der Waals surface area contributed by atoms with Crippen molar-refractivity contribution in [2.75, 3.05) is 16.8 Å². The molecule has 0 amide bonds. The van der Waals surface area contributed by atoms with Gasteiger partial charge >= 0.3 is 0 Å². The van der Waals surface area contributed by atoms with Crippen LogP contribution in [0.5, 0.6) is 0 Å². The Labute approximate surface area is 202 Å². The molecule has 176 valence electrons. The summed E-state index contributed by atoms with van der Waals surface area (Å²) in [5.74, 6) is 0.586. The van der Waals surface area contributed by atoms with E-state index >= 15 is 0 Å². The Balaban J connectivity index is 1.82. The monoisotopic (exact) mass is 442 g/mol. The van der Waals surface area contributed by atoms with Crippen LogP contribution >= 0.6 is 0 Å². The number of para-hydroxylation sites is 1. The fourth-order valence-corrected chi connectivity index (χ4v) is 6.21. The van der Waals surface area contributed by atoms with E-state index in [1.54, 1.807) is 0 Å². The van der Waals surface area contributed by atoms with E-state index in [0.29, 0.717) is 5.92 Å². The van der Waals surface area contributed by atoms with Crippen molar-refractivity contribution in [3.05, 3.63) is 77.9 Å². The van der Waals surface area contributed by atoms with Crippen molar-refractivity contribution in [1.29, 1.82) is 0 Å². The first kappa shape index (κ1) is 23.7. The Hall–Kier alpha value is -2.48. The second kappa shape index (κ2) is 9.05. The van der Waals surface area contributed by atoms with E-state index in [-0.39, 0.29) is 11.1 Å². The minimum Gasteiger partial charge on any atom is -0.346 e. The number of fused-ring (bicyclic) bond motifs is 5. The van der Waals surface area contributed by atoms with Gasteiger partial charge in [-0.15, -0.1) is 6.58 Å². The normalized spacial score (nSPS) is 25.6. The van der Waals surface area contributed by atoms with Crippen LogP contribution in [0, 0.1) is 0 Å². The van der Waals surface area contributed by atoms with E-state index in [9.17, 15) is 0 Å². The molecule has 4 rings (SSSR count). The molecule has 0 aromatic heterocycles. The van der Waals surface area contributed by atoms with Crippen LogP contribution in [0.4, 0.5) is 17.1 Å². The summed E-state index contributed by atoms with van der Waals surface area (Å²) in [6.07, 6.45) is 12.2. The third-order valence-corrected chi connectivity index (χ3v) is 8.34. The highest BCUT2D eigenvalue weighted by molar-refractivity contribution is 5.91. The van der Waals surface area contributed by atoms with Crippen molar-refractivity contribution in [1.82, 2.24) is 0 Å². The van der Waals surface area contributed by atoms with E-state index in [1.807, 2.05) is 0 Å². The van der Waals surface area contributed by atoms with Crippen LogP contribution in [0.3, 0.4) is 0 Å². The molecule has 0 saturated carbocycles. The second-order valence-electron chi connectivity index (χ2n) is 10.4. The quantitative estimate of drug-likeness (QED) is 0.297. The highest BCUT2D eigenvalue weighted by atomic mass is 15.5. The standard InChI is InChI=1S/C31H42N2/c1-8-11-12-13-17-23(4)24-20-21-27-28(22-24)32(7)31(6)29(16-9-2)30(5,10-3)25-18-14-15-19-26(25)33(27)31/h10,14-16,18-23H,3,8-9,11-13,17H2,1-2,4-7H3/b29-16+/t23?,30?,31-/m0/s1. The molecule has 2 aromatic rings. The minimum absolute atomic E-state index is 0.205. The van der Waals surface area contributed by atoms with Crippen LogP contribution in [0.2, 0.25) is 0 Å². The molecule has 3 atom stereocenters. The first-order chi connectivity index (χ1) is 15.8. The molecule has 2 heteroatoms. The van der Waals surface area contributed by atoms with Crippen LogP contribution in [0.1, 0.15) is 90.2 Å². The zero-order valence-electron chi connectivity index (χ0n) is 21.6. The maximum Gasteiger partial charge on any atom is 0.138 e. The molecule has 2 aromatic carbocycles. The lowest BCUT2D eigenvalue weighted by molar-refractivity contribution is 0.455. The van der Waals surface area contributed by atoms with Gasteiger partial charge in [-0.25, -0.2) is 0 Å². The number of nitrogens with zero attached hydrogens (tertiary/aromatic N) is 2. The zero-order chi connectivity index (χ0) is 23.8. The van der Waals surface area contributed by atoms with Crippen molar-refractivity contribution in [3.8, 4) is 0 Å². The van der Waals surface area contributed by atoms with Gasteiger partial charge in [-0.05, 0) is 67.5 Å². The molecule has 0 saturated heterocycles. The molecule has 33 heavy (non-hydrogen) atoms. The number of likely N-dealkylation sites (N-methyl/N-ethyl adjacent to an activating group) is 1. The van der Waals surface area contributed by atoms with Gasteiger partial charge in [0.15, 0.2) is 0 Å². The molecule has 2 nitrogen and oxygen atoms in total. The maximum atomic E-state index is 4.31. The number of benzene rings is 2. The maximum absolute atomic E-state index is 4.31. The highest BCUT2D eigenvalue weighted by Gasteiger charge is 2.56. The Kier molecular flexibility index (Phi) is 6.49. The van der Waals surface area contributed by atoms with Crippen LogP contribution < -0.4 is 9.80 Å². The number of allylic oxidation sites excluding steroid dienone is 2. The molecular weight excluding hydrogens is 400 g/mol. The Bertz CT molecular complexity index is 1050. The Morgan fingerprint density at radius 2 is 1.73 bits per heavy atom. The van der Waals surface area contributed by atoms with Crippen LogP contribution in [-0.4, -0.2) is 12.7 Å². The van der Waals surface area contributed by atoms with Gasteiger partial charge in [-0.3, -0.25) is 0 Å². The van der Waals surface area contributed by atoms with E-state index in [4.69, 9.17) is 0 Å². The van der Waals surface area contributed by atoms with E-state index < -0.39 is 0 Å². The predicted octanol–water partition coefficient (Wildman–Crippen LogP) is 8.86. The van der Waals surface area contributed by atoms with E-state index in [2.05, 4.69) is 113 Å². The lowest BCUT2D eigenvalue weighted by Crippen LogP contribution is -2.59. The molecule has 2 aliphatic heterocycles. The summed E-state index contributed by atoms with van der Waals surface area (Å²) in [7, 11) is 2.27. The van der Waals surface area contributed by atoms with Crippen molar-refractivity contribution in [2.45, 2.75) is 90.1 Å². The number of unbranched alkanes of at least 4 members (excludes halogenated alkanes) is 3. The largest absolute Gasteiger partial charge is 0.346 e. The van der Waals surface area contributed by atoms with Gasteiger partial charge in [-0.1, -0.05) is 82.9 Å². The highest BCUT2D eigenvalue weighted by Crippen LogP contribution is 2.60. The molecule has 0 radical (unpaired) electrons. The van der Waals surface area contributed by atoms with Gasteiger partial charge in [0.25, 0.3) is 0 Å². The average Bonchev–Trinajstić information content (AvgIpc) is 3.06. The number of anilines is 3. The zero-order valence-corrected chi connectivity index (χ0v) is 21.6. The molecule has 0 N–H and O–H groups in total. The third kappa shape index (κ3) is 3.54. The lowest BCUT2D eigenvalue weighted by atomic mass is 9.66.